The fraction of sp³-hybridized carbons (Fsp3) is 0.611. The molecule has 7 heteroatoms. The van der Waals surface area contributed by atoms with Gasteiger partial charge in [-0.15, -0.1) is 0 Å². The number of rotatable bonds is 7. The van der Waals surface area contributed by atoms with Crippen LogP contribution in [0, 0.1) is 5.41 Å². The van der Waals surface area contributed by atoms with Crippen LogP contribution in [0.2, 0.25) is 0 Å². The molecule has 5 nitrogen and oxygen atoms in total. The Morgan fingerprint density at radius 1 is 1.28 bits per heavy atom. The lowest BCUT2D eigenvalue weighted by Crippen LogP contribution is -2.35. The number of aryl methyl sites for hydroxylation is 1. The second kappa shape index (κ2) is 7.96. The van der Waals surface area contributed by atoms with Crippen molar-refractivity contribution in [3.05, 3.63) is 23.3 Å². The van der Waals surface area contributed by atoms with Crippen LogP contribution < -0.4 is 5.32 Å². The molecule has 140 valence electrons. The smallest absolute Gasteiger partial charge is 0.306 e. The van der Waals surface area contributed by atoms with Crippen molar-refractivity contribution in [3.63, 3.8) is 0 Å². The number of nitrogens with one attached hydrogen (secondary N) is 1. The number of hydrogen-bond donors (Lipinski definition) is 1. The van der Waals surface area contributed by atoms with Crippen molar-refractivity contribution in [2.24, 2.45) is 5.41 Å². The van der Waals surface area contributed by atoms with Gasteiger partial charge in [0.2, 0.25) is 0 Å². The summed E-state index contributed by atoms with van der Waals surface area (Å²) in [5, 5.41) is 3.29. The normalized spacial score (nSPS) is 16.0. The van der Waals surface area contributed by atoms with Crippen LogP contribution >= 0.6 is 10.7 Å². The van der Waals surface area contributed by atoms with E-state index in [-0.39, 0.29) is 22.7 Å². The molecule has 1 N–H and O–H groups in total. The summed E-state index contributed by atoms with van der Waals surface area (Å²) in [5.41, 5.74) is 2.46. The molecular formula is C18H26ClNO4S. The zero-order valence-corrected chi connectivity index (χ0v) is 16.6. The minimum atomic E-state index is -3.87. The molecule has 0 spiro atoms. The Morgan fingerprint density at radius 3 is 2.52 bits per heavy atom. The van der Waals surface area contributed by atoms with Crippen molar-refractivity contribution in [1.29, 1.82) is 0 Å². The van der Waals surface area contributed by atoms with Crippen LogP contribution in [0.3, 0.4) is 0 Å². The van der Waals surface area contributed by atoms with Gasteiger partial charge in [-0.1, -0.05) is 19.9 Å². The number of fused-ring (bicyclic) bond motifs is 1. The summed E-state index contributed by atoms with van der Waals surface area (Å²) < 4.78 is 29.0. The van der Waals surface area contributed by atoms with Gasteiger partial charge in [0.15, 0.2) is 0 Å². The minimum Gasteiger partial charge on any atom is -0.466 e. The molecule has 0 aromatic heterocycles. The van der Waals surface area contributed by atoms with E-state index in [1.807, 2.05) is 6.07 Å². The summed E-state index contributed by atoms with van der Waals surface area (Å²) in [7, 11) is 1.79. The predicted octanol–water partition coefficient (Wildman–Crippen LogP) is 3.88. The topological polar surface area (TPSA) is 72.5 Å². The van der Waals surface area contributed by atoms with Gasteiger partial charge in [0.1, 0.15) is 4.90 Å². The van der Waals surface area contributed by atoms with Gasteiger partial charge in [-0.05, 0) is 55.2 Å². The van der Waals surface area contributed by atoms with Crippen LogP contribution in [0.1, 0.15) is 51.2 Å². The third-order valence-electron chi connectivity index (χ3n) is 5.14. The van der Waals surface area contributed by atoms with Crippen molar-refractivity contribution < 1.29 is 17.9 Å². The van der Waals surface area contributed by atoms with E-state index in [0.717, 1.165) is 36.9 Å². The largest absolute Gasteiger partial charge is 0.466 e. The summed E-state index contributed by atoms with van der Waals surface area (Å²) in [6.07, 6.45) is 3.46. The molecule has 1 aromatic carbocycles. The first-order valence-electron chi connectivity index (χ1n) is 8.74. The third kappa shape index (κ3) is 4.67. The Hall–Kier alpha value is -1.27. The van der Waals surface area contributed by atoms with Gasteiger partial charge in [-0.3, -0.25) is 4.79 Å². The number of anilines is 1. The number of hydrogen-bond acceptors (Lipinski definition) is 5. The highest BCUT2D eigenvalue weighted by Gasteiger charge is 2.34. The second-order valence-electron chi connectivity index (χ2n) is 6.61. The summed E-state index contributed by atoms with van der Waals surface area (Å²) in [6, 6.07) is 3.56. The molecule has 1 aliphatic rings. The van der Waals surface area contributed by atoms with Gasteiger partial charge in [0.05, 0.1) is 12.3 Å². The Balaban J connectivity index is 2.39. The average molecular weight is 388 g/mol. The number of carbonyl (C=O) groups is 1. The molecule has 0 atom stereocenters. The molecular weight excluding hydrogens is 362 g/mol. The maximum Gasteiger partial charge on any atom is 0.306 e. The Labute approximate surface area is 154 Å². The highest BCUT2D eigenvalue weighted by atomic mass is 35.7. The summed E-state index contributed by atoms with van der Waals surface area (Å²) in [6.45, 7) is 7.13. The predicted molar refractivity (Wildman–Crippen MR) is 99.6 cm³/mol. The number of carbonyl (C=O) groups excluding carboxylic acids is 1. The molecule has 0 bridgehead atoms. The summed E-state index contributed by atoms with van der Waals surface area (Å²) in [5.74, 6) is -0.287. The number of esters is 1. The van der Waals surface area contributed by atoms with Crippen LogP contribution in [0.4, 0.5) is 5.69 Å². The third-order valence-corrected chi connectivity index (χ3v) is 6.48. The molecule has 0 radical (unpaired) electrons. The van der Waals surface area contributed by atoms with Crippen molar-refractivity contribution in [1.82, 2.24) is 0 Å². The maximum atomic E-state index is 12.0. The molecule has 25 heavy (non-hydrogen) atoms. The number of halogens is 1. The number of ether oxygens (including phenoxy) is 1. The van der Waals surface area contributed by atoms with E-state index in [2.05, 4.69) is 19.2 Å². The average Bonchev–Trinajstić information content (AvgIpc) is 2.58. The van der Waals surface area contributed by atoms with E-state index in [9.17, 15) is 13.2 Å². The quantitative estimate of drug-likeness (QED) is 0.567. The van der Waals surface area contributed by atoms with Gasteiger partial charge < -0.3 is 10.1 Å². The van der Waals surface area contributed by atoms with Gasteiger partial charge in [0.25, 0.3) is 9.05 Å². The first kappa shape index (κ1) is 20.0. The molecule has 0 amide bonds. The highest BCUT2D eigenvalue weighted by molar-refractivity contribution is 8.13. The van der Waals surface area contributed by atoms with E-state index < -0.39 is 9.05 Å². The van der Waals surface area contributed by atoms with Crippen LogP contribution in [-0.4, -0.2) is 27.5 Å². The monoisotopic (exact) mass is 387 g/mol. The molecule has 1 heterocycles. The minimum absolute atomic E-state index is 0.103. The van der Waals surface area contributed by atoms with Crippen LogP contribution in [0.25, 0.3) is 0 Å². The van der Waals surface area contributed by atoms with Crippen LogP contribution in [-0.2, 0) is 31.4 Å². The lowest BCUT2D eigenvalue weighted by molar-refractivity contribution is -0.143. The van der Waals surface area contributed by atoms with Gasteiger partial charge in [-0.25, -0.2) is 8.42 Å². The molecule has 0 saturated heterocycles. The Bertz CT molecular complexity index is 742. The van der Waals surface area contributed by atoms with Crippen molar-refractivity contribution >= 4 is 31.4 Å². The molecule has 0 unspecified atom stereocenters. The zero-order chi connectivity index (χ0) is 18.7. The molecule has 1 aliphatic heterocycles. The summed E-state index contributed by atoms with van der Waals surface area (Å²) in [4.78, 5) is 11.7. The van der Waals surface area contributed by atoms with E-state index in [1.165, 1.54) is 0 Å². The van der Waals surface area contributed by atoms with Crippen LogP contribution in [0.15, 0.2) is 17.0 Å². The lowest BCUT2D eigenvalue weighted by atomic mass is 9.74. The van der Waals surface area contributed by atoms with Crippen LogP contribution in [0.5, 0.6) is 0 Å². The standard InChI is InChI=1S/C18H26ClNO4S/c1-4-18(5-2)11-14-9-13(7-8-16(21)24-6-3)10-15(25(19,22)23)17(14)20-12-18/h9-10,20H,4-8,11-12H2,1-3H3. The van der Waals surface area contributed by atoms with Gasteiger partial charge >= 0.3 is 5.97 Å². The Kier molecular flexibility index (Phi) is 6.38. The lowest BCUT2D eigenvalue weighted by Gasteiger charge is -2.38. The molecule has 0 saturated carbocycles. The molecule has 2 rings (SSSR count). The number of benzene rings is 1. The van der Waals surface area contributed by atoms with Crippen molar-refractivity contribution in [3.8, 4) is 0 Å². The van der Waals surface area contributed by atoms with E-state index >= 15 is 0 Å². The van der Waals surface area contributed by atoms with E-state index in [4.69, 9.17) is 15.4 Å². The first-order chi connectivity index (χ1) is 11.7. The Morgan fingerprint density at radius 2 is 1.96 bits per heavy atom. The van der Waals surface area contributed by atoms with Crippen molar-refractivity contribution in [2.45, 2.75) is 57.8 Å². The molecule has 1 aromatic rings. The van der Waals surface area contributed by atoms with Gasteiger partial charge in [-0.2, -0.15) is 0 Å². The highest BCUT2D eigenvalue weighted by Crippen LogP contribution is 2.41. The zero-order valence-electron chi connectivity index (χ0n) is 15.0. The molecule has 0 fully saturated rings. The fourth-order valence-electron chi connectivity index (χ4n) is 3.39. The van der Waals surface area contributed by atoms with E-state index in [0.29, 0.717) is 18.7 Å². The summed E-state index contributed by atoms with van der Waals surface area (Å²) >= 11 is 0. The van der Waals surface area contributed by atoms with E-state index in [1.54, 1.807) is 13.0 Å². The second-order valence-corrected chi connectivity index (χ2v) is 9.14. The van der Waals surface area contributed by atoms with Gasteiger partial charge in [0, 0.05) is 23.6 Å². The molecule has 0 aliphatic carbocycles. The maximum absolute atomic E-state index is 12.0. The first-order valence-corrected chi connectivity index (χ1v) is 11.1. The SMILES string of the molecule is CCOC(=O)CCc1cc2c(c(S(=O)(=O)Cl)c1)NCC(CC)(CC)C2. The fourth-order valence-corrected chi connectivity index (χ4v) is 4.49. The van der Waals surface area contributed by atoms with Crippen molar-refractivity contribution in [2.75, 3.05) is 18.5 Å².